The van der Waals surface area contributed by atoms with Gasteiger partial charge in [0.2, 0.25) is 0 Å². The van der Waals surface area contributed by atoms with Crippen molar-refractivity contribution in [1.29, 1.82) is 0 Å². The highest BCUT2D eigenvalue weighted by Crippen LogP contribution is 2.38. The van der Waals surface area contributed by atoms with Gasteiger partial charge in [0.25, 0.3) is 0 Å². The van der Waals surface area contributed by atoms with Crippen molar-refractivity contribution in [1.82, 2.24) is 15.2 Å². The molecule has 0 aliphatic heterocycles. The number of nitrogens with one attached hydrogen (secondary N) is 1. The summed E-state index contributed by atoms with van der Waals surface area (Å²) in [5.41, 5.74) is 10.4. The monoisotopic (exact) mass is 424 g/mol. The highest BCUT2D eigenvalue weighted by atomic mass is 79.9. The van der Waals surface area contributed by atoms with Gasteiger partial charge in [0, 0.05) is 10.0 Å². The minimum absolute atomic E-state index is 0.477. The van der Waals surface area contributed by atoms with Gasteiger partial charge in [0.05, 0.1) is 25.3 Å². The summed E-state index contributed by atoms with van der Waals surface area (Å²) in [7, 11) is 3.23. The summed E-state index contributed by atoms with van der Waals surface area (Å²) in [6.07, 6.45) is 0. The molecule has 2 heterocycles. The van der Waals surface area contributed by atoms with Gasteiger partial charge in [-0.2, -0.15) is 5.10 Å². The first-order valence-corrected chi connectivity index (χ1v) is 9.03. The number of benzene rings is 2. The number of nitrogen functional groups attached to an aromatic ring is 1. The molecular weight excluding hydrogens is 408 g/mol. The van der Waals surface area contributed by atoms with Gasteiger partial charge >= 0.3 is 0 Å². The minimum atomic E-state index is 0.477. The summed E-state index contributed by atoms with van der Waals surface area (Å²) in [5.74, 6) is 1.79. The molecule has 0 unspecified atom stereocenters. The summed E-state index contributed by atoms with van der Waals surface area (Å²) < 4.78 is 11.8. The second-order valence-electron chi connectivity index (χ2n) is 5.97. The van der Waals surface area contributed by atoms with Gasteiger partial charge in [0.1, 0.15) is 5.82 Å². The van der Waals surface area contributed by atoms with Crippen molar-refractivity contribution >= 4 is 32.8 Å². The van der Waals surface area contributed by atoms with Crippen LogP contribution < -0.4 is 15.2 Å². The van der Waals surface area contributed by atoms with Gasteiger partial charge in [-0.05, 0) is 41.5 Å². The van der Waals surface area contributed by atoms with E-state index in [4.69, 9.17) is 15.2 Å². The Balaban J connectivity index is 1.96. The Morgan fingerprint density at radius 1 is 0.926 bits per heavy atom. The Morgan fingerprint density at radius 3 is 2.33 bits per heavy atom. The molecule has 0 fully saturated rings. The number of methoxy groups -OCH3 is 2. The van der Waals surface area contributed by atoms with Gasteiger partial charge in [-0.3, -0.25) is 5.10 Å². The quantitative estimate of drug-likeness (QED) is 0.497. The molecule has 136 valence electrons. The highest BCUT2D eigenvalue weighted by molar-refractivity contribution is 9.10. The average Bonchev–Trinajstić information content (AvgIpc) is 3.08. The number of rotatable bonds is 4. The fraction of sp³-hybridized carbons (Fsp3) is 0.100. The number of nitrogens with zero attached hydrogens (tertiary/aromatic N) is 2. The van der Waals surface area contributed by atoms with Crippen LogP contribution in [0.15, 0.2) is 53.0 Å². The van der Waals surface area contributed by atoms with Crippen LogP contribution in [-0.4, -0.2) is 29.4 Å². The van der Waals surface area contributed by atoms with Gasteiger partial charge in [0.15, 0.2) is 17.1 Å². The Kier molecular flexibility index (Phi) is 4.45. The van der Waals surface area contributed by atoms with E-state index in [0.717, 1.165) is 32.2 Å². The smallest absolute Gasteiger partial charge is 0.184 e. The number of hydrogen-bond acceptors (Lipinski definition) is 5. The summed E-state index contributed by atoms with van der Waals surface area (Å²) in [6, 6.07) is 15.7. The summed E-state index contributed by atoms with van der Waals surface area (Å²) in [5, 5.41) is 7.87. The van der Waals surface area contributed by atoms with Gasteiger partial charge in [-0.15, -0.1) is 0 Å². The van der Waals surface area contributed by atoms with Crippen molar-refractivity contribution in [3.05, 3.63) is 53.0 Å². The average molecular weight is 425 g/mol. The number of aromatic nitrogens is 3. The van der Waals surface area contributed by atoms with Crippen molar-refractivity contribution in [3.63, 3.8) is 0 Å². The first-order valence-electron chi connectivity index (χ1n) is 8.23. The first-order chi connectivity index (χ1) is 13.1. The summed E-state index contributed by atoms with van der Waals surface area (Å²) in [4.78, 5) is 4.66. The molecule has 0 saturated carbocycles. The zero-order valence-corrected chi connectivity index (χ0v) is 16.4. The van der Waals surface area contributed by atoms with E-state index in [1.807, 2.05) is 48.5 Å². The molecule has 2 aromatic carbocycles. The summed E-state index contributed by atoms with van der Waals surface area (Å²) >= 11 is 3.46. The molecule has 2 aromatic heterocycles. The summed E-state index contributed by atoms with van der Waals surface area (Å²) in [6.45, 7) is 0. The predicted molar refractivity (Wildman–Crippen MR) is 110 cm³/mol. The molecule has 3 N–H and O–H groups in total. The van der Waals surface area contributed by atoms with Gasteiger partial charge in [-0.25, -0.2) is 4.98 Å². The minimum Gasteiger partial charge on any atom is -0.493 e. The zero-order chi connectivity index (χ0) is 19.0. The van der Waals surface area contributed by atoms with E-state index in [2.05, 4.69) is 31.1 Å². The number of pyridine rings is 1. The van der Waals surface area contributed by atoms with Crippen molar-refractivity contribution in [2.45, 2.75) is 0 Å². The molecule has 6 nitrogen and oxygen atoms in total. The van der Waals surface area contributed by atoms with Crippen molar-refractivity contribution < 1.29 is 9.47 Å². The Hall–Kier alpha value is -3.06. The van der Waals surface area contributed by atoms with Crippen molar-refractivity contribution in [2.24, 2.45) is 0 Å². The van der Waals surface area contributed by atoms with Crippen LogP contribution in [0.4, 0.5) is 5.82 Å². The number of aromatic amines is 1. The van der Waals surface area contributed by atoms with Crippen LogP contribution in [0.5, 0.6) is 11.5 Å². The van der Waals surface area contributed by atoms with E-state index in [1.54, 1.807) is 14.2 Å². The van der Waals surface area contributed by atoms with Crippen LogP contribution in [-0.2, 0) is 0 Å². The predicted octanol–water partition coefficient (Wildman–Crippen LogP) is 4.65. The molecular formula is C20H17BrN4O2. The highest BCUT2D eigenvalue weighted by Gasteiger charge is 2.16. The third-order valence-corrected chi connectivity index (χ3v) is 4.92. The molecule has 0 aliphatic carbocycles. The number of H-pyrrole nitrogens is 1. The normalized spacial score (nSPS) is 10.9. The first kappa shape index (κ1) is 17.4. The number of nitrogens with two attached hydrogens (primary N) is 1. The number of halogens is 1. The molecule has 0 bridgehead atoms. The molecule has 0 atom stereocenters. The lowest BCUT2D eigenvalue weighted by molar-refractivity contribution is 0.355. The van der Waals surface area contributed by atoms with Crippen LogP contribution in [0.25, 0.3) is 33.4 Å². The topological polar surface area (TPSA) is 86.1 Å². The van der Waals surface area contributed by atoms with Crippen LogP contribution in [0.3, 0.4) is 0 Å². The lowest BCUT2D eigenvalue weighted by atomic mass is 9.99. The van der Waals surface area contributed by atoms with Crippen LogP contribution in [0, 0.1) is 0 Å². The number of hydrogen-bond donors (Lipinski definition) is 2. The third-order valence-electron chi connectivity index (χ3n) is 4.39. The van der Waals surface area contributed by atoms with E-state index >= 15 is 0 Å². The Bertz CT molecular complexity index is 1120. The molecule has 4 aromatic rings. The lowest BCUT2D eigenvalue weighted by Gasteiger charge is -2.12. The molecule has 7 heteroatoms. The standard InChI is InChI=1S/C20H17BrN4O2/c1-26-16-8-5-12(9-17(16)27-2)14-10-15(11-3-6-13(21)7-4-11)23-20-18(14)19(22)24-25-20/h3-10H,1-2H3,(H3,22,23,24,25). The molecule has 0 spiro atoms. The van der Waals surface area contributed by atoms with E-state index in [-0.39, 0.29) is 0 Å². The van der Waals surface area contributed by atoms with Crippen molar-refractivity contribution in [3.8, 4) is 33.9 Å². The van der Waals surface area contributed by atoms with Crippen LogP contribution >= 0.6 is 15.9 Å². The van der Waals surface area contributed by atoms with Gasteiger partial charge < -0.3 is 15.2 Å². The van der Waals surface area contributed by atoms with Crippen LogP contribution in [0.2, 0.25) is 0 Å². The maximum atomic E-state index is 6.13. The maximum absolute atomic E-state index is 6.13. The molecule has 0 amide bonds. The second-order valence-corrected chi connectivity index (χ2v) is 6.88. The lowest BCUT2D eigenvalue weighted by Crippen LogP contribution is -1.93. The van der Waals surface area contributed by atoms with Gasteiger partial charge in [-0.1, -0.05) is 34.1 Å². The number of fused-ring (bicyclic) bond motifs is 1. The number of ether oxygens (including phenoxy) is 2. The Labute approximate surface area is 164 Å². The number of anilines is 1. The molecule has 4 rings (SSSR count). The molecule has 0 aliphatic rings. The van der Waals surface area contributed by atoms with E-state index in [9.17, 15) is 0 Å². The molecule has 0 saturated heterocycles. The fourth-order valence-corrected chi connectivity index (χ4v) is 3.31. The fourth-order valence-electron chi connectivity index (χ4n) is 3.05. The van der Waals surface area contributed by atoms with E-state index < -0.39 is 0 Å². The largest absolute Gasteiger partial charge is 0.493 e. The molecule has 27 heavy (non-hydrogen) atoms. The van der Waals surface area contributed by atoms with E-state index in [1.165, 1.54) is 0 Å². The maximum Gasteiger partial charge on any atom is 0.184 e. The molecule has 0 radical (unpaired) electrons. The third kappa shape index (κ3) is 3.10. The van der Waals surface area contributed by atoms with Crippen LogP contribution in [0.1, 0.15) is 0 Å². The van der Waals surface area contributed by atoms with E-state index in [0.29, 0.717) is 23.0 Å². The zero-order valence-electron chi connectivity index (χ0n) is 14.8. The second kappa shape index (κ2) is 6.92. The SMILES string of the molecule is COc1ccc(-c2cc(-c3ccc(Br)cc3)nc3n[nH]c(N)c23)cc1OC. The van der Waals surface area contributed by atoms with Crippen molar-refractivity contribution in [2.75, 3.05) is 20.0 Å². The Morgan fingerprint density at radius 2 is 1.63 bits per heavy atom.